The molecule has 0 radical (unpaired) electrons. The fourth-order valence-electron chi connectivity index (χ4n) is 3.09. The molecular formula is C22H21N5O2. The maximum absolute atomic E-state index is 12.4. The number of benzene rings is 2. The lowest BCUT2D eigenvalue weighted by Crippen LogP contribution is -2.27. The van der Waals surface area contributed by atoms with Crippen molar-refractivity contribution in [3.8, 4) is 5.75 Å². The Morgan fingerprint density at radius 1 is 1.07 bits per heavy atom. The number of nitrogens with zero attached hydrogens (tertiary/aromatic N) is 3. The molecule has 4 rings (SSSR count). The fourth-order valence-corrected chi connectivity index (χ4v) is 3.09. The number of anilines is 2. The molecule has 0 saturated carbocycles. The summed E-state index contributed by atoms with van der Waals surface area (Å²) in [4.78, 5) is 20.6. The van der Waals surface area contributed by atoms with Crippen LogP contribution < -0.4 is 15.4 Å². The summed E-state index contributed by atoms with van der Waals surface area (Å²) in [5.74, 6) is 1.24. The van der Waals surface area contributed by atoms with Gasteiger partial charge in [-0.15, -0.1) is 0 Å². The van der Waals surface area contributed by atoms with Crippen LogP contribution in [0.3, 0.4) is 0 Å². The zero-order chi connectivity index (χ0) is 20.1. The third-order valence-corrected chi connectivity index (χ3v) is 4.59. The molecule has 7 nitrogen and oxygen atoms in total. The van der Waals surface area contributed by atoms with Gasteiger partial charge >= 0.3 is 0 Å². The predicted molar refractivity (Wildman–Crippen MR) is 113 cm³/mol. The molecule has 0 saturated heterocycles. The molecule has 0 aliphatic carbocycles. The number of amides is 1. The molecule has 0 aliphatic rings. The van der Waals surface area contributed by atoms with Gasteiger partial charge in [0.25, 0.3) is 5.91 Å². The van der Waals surface area contributed by atoms with Crippen molar-refractivity contribution in [2.75, 3.05) is 19.0 Å². The summed E-state index contributed by atoms with van der Waals surface area (Å²) in [5, 5.41) is 7.17. The molecule has 0 atom stereocenters. The van der Waals surface area contributed by atoms with Crippen molar-refractivity contribution in [3.05, 3.63) is 78.8 Å². The van der Waals surface area contributed by atoms with E-state index < -0.39 is 0 Å². The lowest BCUT2D eigenvalue weighted by molar-refractivity contribution is 0.0952. The minimum atomic E-state index is -0.106. The van der Waals surface area contributed by atoms with E-state index in [-0.39, 0.29) is 5.91 Å². The molecule has 2 aromatic carbocycles. The van der Waals surface area contributed by atoms with E-state index in [1.807, 2.05) is 42.6 Å². The molecule has 0 aliphatic heterocycles. The Bertz CT molecular complexity index is 1110. The topological polar surface area (TPSA) is 81.1 Å². The van der Waals surface area contributed by atoms with Crippen LogP contribution in [0.5, 0.6) is 5.75 Å². The van der Waals surface area contributed by atoms with E-state index in [0.29, 0.717) is 24.6 Å². The second kappa shape index (κ2) is 8.43. The largest absolute Gasteiger partial charge is 0.497 e. The average molecular weight is 387 g/mol. The highest BCUT2D eigenvalue weighted by Gasteiger charge is 2.07. The highest BCUT2D eigenvalue weighted by molar-refractivity contribution is 5.94. The van der Waals surface area contributed by atoms with Gasteiger partial charge in [-0.05, 0) is 54.6 Å². The molecular weight excluding hydrogens is 366 g/mol. The van der Waals surface area contributed by atoms with E-state index in [0.717, 1.165) is 22.3 Å². The Morgan fingerprint density at radius 2 is 1.86 bits per heavy atom. The van der Waals surface area contributed by atoms with Crippen LogP contribution in [0, 0.1) is 0 Å². The quantitative estimate of drug-likeness (QED) is 0.506. The summed E-state index contributed by atoms with van der Waals surface area (Å²) in [6, 6.07) is 17.0. The van der Waals surface area contributed by atoms with E-state index >= 15 is 0 Å². The third kappa shape index (κ3) is 4.35. The number of fused-ring (bicyclic) bond motifs is 1. The standard InChI is InChI=1S/C22H21N5O2/c1-29-19-7-8-20-17(15-19)9-13-27(20)14-12-23-21(28)16-3-5-18(6-4-16)26-22-24-10-2-11-25-22/h2-11,13,15H,12,14H2,1H3,(H,23,28)(H,24,25,26). The number of carbonyl (C=O) groups excluding carboxylic acids is 1. The molecule has 1 amide bonds. The first-order valence-electron chi connectivity index (χ1n) is 9.28. The lowest BCUT2D eigenvalue weighted by Gasteiger charge is -2.09. The Balaban J connectivity index is 1.33. The SMILES string of the molecule is COc1ccc2c(ccn2CCNC(=O)c2ccc(Nc3ncccn3)cc2)c1. The van der Waals surface area contributed by atoms with Gasteiger partial charge in [-0.3, -0.25) is 4.79 Å². The highest BCUT2D eigenvalue weighted by atomic mass is 16.5. The normalized spacial score (nSPS) is 10.7. The van der Waals surface area contributed by atoms with Crippen LogP contribution >= 0.6 is 0 Å². The van der Waals surface area contributed by atoms with E-state index in [1.54, 1.807) is 37.7 Å². The number of methoxy groups -OCH3 is 1. The maximum Gasteiger partial charge on any atom is 0.251 e. The van der Waals surface area contributed by atoms with Crippen molar-refractivity contribution in [1.29, 1.82) is 0 Å². The van der Waals surface area contributed by atoms with Crippen molar-refractivity contribution >= 4 is 28.4 Å². The van der Waals surface area contributed by atoms with Gasteiger partial charge in [-0.1, -0.05) is 0 Å². The molecule has 0 fully saturated rings. The van der Waals surface area contributed by atoms with E-state index in [2.05, 4.69) is 25.2 Å². The lowest BCUT2D eigenvalue weighted by atomic mass is 10.2. The van der Waals surface area contributed by atoms with Crippen molar-refractivity contribution in [3.63, 3.8) is 0 Å². The minimum Gasteiger partial charge on any atom is -0.497 e. The number of ether oxygens (including phenoxy) is 1. The van der Waals surface area contributed by atoms with Gasteiger partial charge in [0.15, 0.2) is 0 Å². The van der Waals surface area contributed by atoms with E-state index in [4.69, 9.17) is 4.74 Å². The van der Waals surface area contributed by atoms with Crippen LogP contribution in [0.25, 0.3) is 10.9 Å². The number of carbonyl (C=O) groups is 1. The molecule has 0 unspecified atom stereocenters. The molecule has 0 spiro atoms. The summed E-state index contributed by atoms with van der Waals surface area (Å²) in [5.41, 5.74) is 2.53. The van der Waals surface area contributed by atoms with Crippen LogP contribution in [-0.4, -0.2) is 34.1 Å². The van der Waals surface area contributed by atoms with Gasteiger partial charge in [0.05, 0.1) is 7.11 Å². The monoisotopic (exact) mass is 387 g/mol. The Morgan fingerprint density at radius 3 is 2.62 bits per heavy atom. The van der Waals surface area contributed by atoms with Crippen LogP contribution in [0.2, 0.25) is 0 Å². The molecule has 7 heteroatoms. The number of aromatic nitrogens is 3. The van der Waals surface area contributed by atoms with Gasteiger partial charge < -0.3 is 19.9 Å². The molecule has 2 heterocycles. The second-order valence-corrected chi connectivity index (χ2v) is 6.46. The predicted octanol–water partition coefficient (Wildman–Crippen LogP) is 3.61. The first-order chi connectivity index (χ1) is 14.2. The van der Waals surface area contributed by atoms with E-state index in [9.17, 15) is 4.79 Å². The van der Waals surface area contributed by atoms with Gasteiger partial charge in [-0.2, -0.15) is 0 Å². The van der Waals surface area contributed by atoms with Crippen molar-refractivity contribution in [2.24, 2.45) is 0 Å². The zero-order valence-electron chi connectivity index (χ0n) is 16.0. The van der Waals surface area contributed by atoms with Gasteiger partial charge in [0.2, 0.25) is 5.95 Å². The van der Waals surface area contributed by atoms with Crippen molar-refractivity contribution < 1.29 is 9.53 Å². The highest BCUT2D eigenvalue weighted by Crippen LogP contribution is 2.21. The van der Waals surface area contributed by atoms with E-state index in [1.165, 1.54) is 0 Å². The molecule has 29 heavy (non-hydrogen) atoms. The zero-order valence-corrected chi connectivity index (χ0v) is 16.0. The number of nitrogens with one attached hydrogen (secondary N) is 2. The Hall–Kier alpha value is -3.87. The van der Waals surface area contributed by atoms with Crippen LogP contribution in [-0.2, 0) is 6.54 Å². The second-order valence-electron chi connectivity index (χ2n) is 6.46. The Labute approximate surface area is 168 Å². The first kappa shape index (κ1) is 18.5. The van der Waals surface area contributed by atoms with Gasteiger partial charge in [0.1, 0.15) is 5.75 Å². The number of hydrogen-bond donors (Lipinski definition) is 2. The first-order valence-corrected chi connectivity index (χ1v) is 9.28. The van der Waals surface area contributed by atoms with Gasteiger partial charge in [0, 0.05) is 53.8 Å². The Kier molecular flexibility index (Phi) is 5.38. The minimum absolute atomic E-state index is 0.106. The van der Waals surface area contributed by atoms with Crippen LogP contribution in [0.4, 0.5) is 11.6 Å². The average Bonchev–Trinajstić information content (AvgIpc) is 3.17. The van der Waals surface area contributed by atoms with Crippen molar-refractivity contribution in [1.82, 2.24) is 19.9 Å². The fraction of sp³-hybridized carbons (Fsp3) is 0.136. The van der Waals surface area contributed by atoms with Crippen LogP contribution in [0.1, 0.15) is 10.4 Å². The van der Waals surface area contributed by atoms with Crippen LogP contribution in [0.15, 0.2) is 73.2 Å². The maximum atomic E-state index is 12.4. The summed E-state index contributed by atoms with van der Waals surface area (Å²) < 4.78 is 7.37. The third-order valence-electron chi connectivity index (χ3n) is 4.59. The van der Waals surface area contributed by atoms with Crippen molar-refractivity contribution in [2.45, 2.75) is 6.54 Å². The number of hydrogen-bond acceptors (Lipinski definition) is 5. The molecule has 2 N–H and O–H groups in total. The smallest absolute Gasteiger partial charge is 0.251 e. The summed E-state index contributed by atoms with van der Waals surface area (Å²) in [6.07, 6.45) is 5.35. The molecule has 0 bridgehead atoms. The molecule has 4 aromatic rings. The molecule has 146 valence electrons. The summed E-state index contributed by atoms with van der Waals surface area (Å²) >= 11 is 0. The molecule has 2 aromatic heterocycles. The number of rotatable bonds is 7. The summed E-state index contributed by atoms with van der Waals surface area (Å²) in [6.45, 7) is 1.22. The van der Waals surface area contributed by atoms with Gasteiger partial charge in [-0.25, -0.2) is 9.97 Å². The summed E-state index contributed by atoms with van der Waals surface area (Å²) in [7, 11) is 1.66.